The number of allylic oxidation sites excluding steroid dienone is 1. The number of amides is 1. The predicted molar refractivity (Wildman–Crippen MR) is 175 cm³/mol. The molecule has 1 atom stereocenters. The molecule has 0 unspecified atom stereocenters. The normalized spacial score (nSPS) is 15.3. The molecule has 45 heavy (non-hydrogen) atoms. The summed E-state index contributed by atoms with van der Waals surface area (Å²) in [7, 11) is 0. The van der Waals surface area contributed by atoms with Crippen LogP contribution in [0.2, 0.25) is 0 Å². The van der Waals surface area contributed by atoms with Gasteiger partial charge in [0.25, 0.3) is 11.5 Å². The average molecular weight is 635 g/mol. The lowest BCUT2D eigenvalue weighted by Crippen LogP contribution is -2.52. The third-order valence-corrected chi connectivity index (χ3v) is 8.96. The maximum Gasteiger partial charge on any atom is 0.416 e. The van der Waals surface area contributed by atoms with Gasteiger partial charge >= 0.3 is 6.18 Å². The molecule has 0 spiro atoms. The van der Waals surface area contributed by atoms with E-state index in [1.165, 1.54) is 23.5 Å². The van der Waals surface area contributed by atoms with Crippen LogP contribution in [0.3, 0.4) is 0 Å². The SMILES string of the molecule is CCc1cccc(CC)c1-n1c(C=C(C)C)c(C(=O)N2CCNC[C@H]2C)cc(-c2nc(-c3ccc(C(F)(F)F)cc3)cs2)c1=O. The Hall–Kier alpha value is -4.02. The quantitative estimate of drug-likeness (QED) is 0.227. The molecule has 1 saturated heterocycles. The Labute approximate surface area is 265 Å². The number of thiazole rings is 1. The van der Waals surface area contributed by atoms with Crippen LogP contribution in [0.1, 0.15) is 67.4 Å². The van der Waals surface area contributed by atoms with E-state index in [9.17, 15) is 22.8 Å². The second-order valence-corrected chi connectivity index (χ2v) is 12.4. The number of piperazine rings is 1. The Bertz CT molecular complexity index is 1780. The zero-order chi connectivity index (χ0) is 32.5. The van der Waals surface area contributed by atoms with Crippen LogP contribution in [0.4, 0.5) is 13.2 Å². The molecule has 2 aromatic carbocycles. The second-order valence-electron chi connectivity index (χ2n) is 11.5. The van der Waals surface area contributed by atoms with Gasteiger partial charge in [0.05, 0.1) is 33.8 Å². The van der Waals surface area contributed by atoms with Gasteiger partial charge in [-0.25, -0.2) is 4.98 Å². The Morgan fingerprint density at radius 3 is 2.33 bits per heavy atom. The van der Waals surface area contributed by atoms with Gasteiger partial charge in [-0.15, -0.1) is 11.3 Å². The standard InChI is InChI=1S/C35H37F3N4O2S/c1-6-23-9-8-10-24(7-2)31(23)42-30(17-21(3)4)27(33(43)41-16-15-39-19-22(41)5)18-28(34(42)44)32-40-29(20-45-32)25-11-13-26(14-12-25)35(36,37)38/h8-14,17-18,20,22,39H,6-7,15-16,19H2,1-5H3/t22-/m1/s1. The molecule has 2 aromatic heterocycles. The van der Waals surface area contributed by atoms with Crippen LogP contribution in [-0.2, 0) is 19.0 Å². The zero-order valence-corrected chi connectivity index (χ0v) is 26.9. The molecular weight excluding hydrogens is 597 g/mol. The molecule has 4 aromatic rings. The van der Waals surface area contributed by atoms with Crippen LogP contribution in [0, 0.1) is 0 Å². The Morgan fingerprint density at radius 1 is 1.09 bits per heavy atom. The van der Waals surface area contributed by atoms with E-state index in [1.54, 1.807) is 16.0 Å². The van der Waals surface area contributed by atoms with Gasteiger partial charge in [-0.1, -0.05) is 49.8 Å². The number of para-hydroxylation sites is 1. The van der Waals surface area contributed by atoms with E-state index in [0.29, 0.717) is 60.0 Å². The number of aryl methyl sites for hydroxylation is 2. The minimum Gasteiger partial charge on any atom is -0.333 e. The number of pyridine rings is 1. The number of carbonyl (C=O) groups excluding carboxylic acids is 1. The molecule has 10 heteroatoms. The molecule has 0 bridgehead atoms. The Kier molecular flexibility index (Phi) is 9.46. The highest BCUT2D eigenvalue weighted by molar-refractivity contribution is 7.13. The molecule has 0 saturated carbocycles. The van der Waals surface area contributed by atoms with E-state index in [1.807, 2.05) is 63.8 Å². The first-order chi connectivity index (χ1) is 21.4. The van der Waals surface area contributed by atoms with Crippen molar-refractivity contribution >= 4 is 23.3 Å². The lowest BCUT2D eigenvalue weighted by Gasteiger charge is -2.34. The van der Waals surface area contributed by atoms with Crippen molar-refractivity contribution in [1.82, 2.24) is 19.8 Å². The summed E-state index contributed by atoms with van der Waals surface area (Å²) in [5, 5.41) is 5.45. The van der Waals surface area contributed by atoms with Crippen LogP contribution in [0.5, 0.6) is 0 Å². The van der Waals surface area contributed by atoms with E-state index in [2.05, 4.69) is 5.32 Å². The third kappa shape index (κ3) is 6.53. The molecule has 236 valence electrons. The monoisotopic (exact) mass is 634 g/mol. The smallest absolute Gasteiger partial charge is 0.333 e. The van der Waals surface area contributed by atoms with Crippen molar-refractivity contribution in [3.63, 3.8) is 0 Å². The van der Waals surface area contributed by atoms with Gasteiger partial charge in [-0.3, -0.25) is 14.2 Å². The van der Waals surface area contributed by atoms with E-state index < -0.39 is 11.7 Å². The van der Waals surface area contributed by atoms with Crippen LogP contribution in [-0.4, -0.2) is 46.0 Å². The van der Waals surface area contributed by atoms with Gasteiger partial charge in [-0.2, -0.15) is 13.2 Å². The Morgan fingerprint density at radius 2 is 1.76 bits per heavy atom. The molecule has 1 fully saturated rings. The topological polar surface area (TPSA) is 67.2 Å². The summed E-state index contributed by atoms with van der Waals surface area (Å²) in [6.45, 7) is 11.8. The van der Waals surface area contributed by atoms with Crippen LogP contribution in [0.25, 0.3) is 33.6 Å². The lowest BCUT2D eigenvalue weighted by molar-refractivity contribution is -0.137. The van der Waals surface area contributed by atoms with Crippen molar-refractivity contribution in [2.24, 2.45) is 0 Å². The van der Waals surface area contributed by atoms with Crippen molar-refractivity contribution in [3.05, 3.63) is 97.8 Å². The first kappa shape index (κ1) is 32.4. The highest BCUT2D eigenvalue weighted by atomic mass is 32.1. The number of hydrogen-bond donors (Lipinski definition) is 1. The fraction of sp³-hybridized carbons (Fsp3) is 0.343. The maximum absolute atomic E-state index is 14.7. The number of rotatable bonds is 7. The van der Waals surface area contributed by atoms with Crippen molar-refractivity contribution in [1.29, 1.82) is 0 Å². The van der Waals surface area contributed by atoms with Crippen LogP contribution >= 0.6 is 11.3 Å². The molecule has 3 heterocycles. The number of halogens is 3. The average Bonchev–Trinajstić information content (AvgIpc) is 3.50. The van der Waals surface area contributed by atoms with Gasteiger partial charge < -0.3 is 10.2 Å². The first-order valence-corrected chi connectivity index (χ1v) is 16.0. The summed E-state index contributed by atoms with van der Waals surface area (Å²) in [6.07, 6.45) is -1.18. The van der Waals surface area contributed by atoms with Crippen LogP contribution in [0.15, 0.2) is 64.3 Å². The third-order valence-electron chi connectivity index (χ3n) is 8.09. The number of hydrogen-bond acceptors (Lipinski definition) is 5. The zero-order valence-electron chi connectivity index (χ0n) is 26.1. The van der Waals surface area contributed by atoms with Gasteiger partial charge in [0.1, 0.15) is 5.01 Å². The van der Waals surface area contributed by atoms with E-state index in [0.717, 1.165) is 34.5 Å². The molecule has 1 N–H and O–H groups in total. The molecular formula is C35H37F3N4O2S. The van der Waals surface area contributed by atoms with E-state index >= 15 is 0 Å². The lowest BCUT2D eigenvalue weighted by atomic mass is 9.99. The second kappa shape index (κ2) is 13.1. The number of aromatic nitrogens is 2. The summed E-state index contributed by atoms with van der Waals surface area (Å²) >= 11 is 1.22. The maximum atomic E-state index is 14.7. The summed E-state index contributed by atoms with van der Waals surface area (Å²) in [6, 6.07) is 12.4. The number of benzene rings is 2. The minimum atomic E-state index is -4.44. The largest absolute Gasteiger partial charge is 0.416 e. The van der Waals surface area contributed by atoms with Gasteiger partial charge in [-0.05, 0) is 69.0 Å². The highest BCUT2D eigenvalue weighted by Crippen LogP contribution is 2.34. The molecule has 1 aliphatic heterocycles. The van der Waals surface area contributed by atoms with Gasteiger partial charge in [0, 0.05) is 36.6 Å². The summed E-state index contributed by atoms with van der Waals surface area (Å²) in [5.74, 6) is -0.168. The Balaban J connectivity index is 1.78. The fourth-order valence-electron chi connectivity index (χ4n) is 5.75. The van der Waals surface area contributed by atoms with Gasteiger partial charge in [0.15, 0.2) is 0 Å². The number of alkyl halides is 3. The minimum absolute atomic E-state index is 0.0464. The van der Waals surface area contributed by atoms with E-state index in [-0.39, 0.29) is 23.1 Å². The van der Waals surface area contributed by atoms with E-state index in [4.69, 9.17) is 4.98 Å². The number of carbonyl (C=O) groups is 1. The van der Waals surface area contributed by atoms with Crippen molar-refractivity contribution in [3.8, 4) is 27.5 Å². The molecule has 6 nitrogen and oxygen atoms in total. The first-order valence-electron chi connectivity index (χ1n) is 15.2. The molecule has 0 radical (unpaired) electrons. The summed E-state index contributed by atoms with van der Waals surface area (Å²) in [4.78, 5) is 35.6. The van der Waals surface area contributed by atoms with Gasteiger partial charge in [0.2, 0.25) is 0 Å². The van der Waals surface area contributed by atoms with Crippen LogP contribution < -0.4 is 10.9 Å². The number of nitrogens with one attached hydrogen (secondary N) is 1. The summed E-state index contributed by atoms with van der Waals surface area (Å²) in [5.41, 5.74) is 4.76. The van der Waals surface area contributed by atoms with Crippen molar-refractivity contribution in [2.75, 3.05) is 19.6 Å². The molecule has 0 aliphatic carbocycles. The fourth-order valence-corrected chi connectivity index (χ4v) is 6.59. The summed E-state index contributed by atoms with van der Waals surface area (Å²) < 4.78 is 41.2. The van der Waals surface area contributed by atoms with Crippen molar-refractivity contribution in [2.45, 2.75) is 59.7 Å². The number of nitrogens with zero attached hydrogens (tertiary/aromatic N) is 3. The van der Waals surface area contributed by atoms with Crippen molar-refractivity contribution < 1.29 is 18.0 Å². The molecule has 5 rings (SSSR count). The highest BCUT2D eigenvalue weighted by Gasteiger charge is 2.31. The molecule has 1 aliphatic rings. The molecule has 1 amide bonds. The predicted octanol–water partition coefficient (Wildman–Crippen LogP) is 7.63.